The van der Waals surface area contributed by atoms with E-state index in [2.05, 4.69) is 20.1 Å². The van der Waals surface area contributed by atoms with Gasteiger partial charge < -0.3 is 4.90 Å². The number of benzene rings is 1. The van der Waals surface area contributed by atoms with E-state index < -0.39 is 11.6 Å². The zero-order valence-corrected chi connectivity index (χ0v) is 14.0. The maximum absolute atomic E-state index is 13.8. The Hall–Kier alpha value is -2.57. The first-order valence-electron chi connectivity index (χ1n) is 8.47. The van der Waals surface area contributed by atoms with Crippen molar-refractivity contribution in [2.75, 3.05) is 18.0 Å². The highest BCUT2D eigenvalue weighted by Crippen LogP contribution is 2.28. The van der Waals surface area contributed by atoms with E-state index in [9.17, 15) is 8.78 Å². The Bertz CT molecular complexity index is 879. The van der Waals surface area contributed by atoms with Gasteiger partial charge in [-0.05, 0) is 44.2 Å². The third kappa shape index (κ3) is 2.94. The van der Waals surface area contributed by atoms with Crippen LogP contribution in [0.3, 0.4) is 0 Å². The van der Waals surface area contributed by atoms with Crippen molar-refractivity contribution in [3.8, 4) is 0 Å². The Morgan fingerprint density at radius 3 is 2.56 bits per heavy atom. The Morgan fingerprint density at radius 2 is 1.84 bits per heavy atom. The van der Waals surface area contributed by atoms with E-state index in [4.69, 9.17) is 0 Å². The SMILES string of the molecule is Cc1nnc2c(N3CCC(Cc4c(F)cccc4F)CC3)nccn12. The number of rotatable bonds is 3. The molecular weight excluding hydrogens is 324 g/mol. The molecule has 0 atom stereocenters. The first-order valence-corrected chi connectivity index (χ1v) is 8.47. The van der Waals surface area contributed by atoms with Gasteiger partial charge in [-0.3, -0.25) is 4.40 Å². The lowest BCUT2D eigenvalue weighted by molar-refractivity contribution is 0.389. The number of halogens is 2. The summed E-state index contributed by atoms with van der Waals surface area (Å²) >= 11 is 0. The van der Waals surface area contributed by atoms with E-state index in [-0.39, 0.29) is 11.5 Å². The van der Waals surface area contributed by atoms with Gasteiger partial charge in [-0.1, -0.05) is 6.07 Å². The summed E-state index contributed by atoms with van der Waals surface area (Å²) in [5, 5.41) is 8.32. The molecule has 0 aliphatic carbocycles. The summed E-state index contributed by atoms with van der Waals surface area (Å²) in [6.07, 6.45) is 5.77. The van der Waals surface area contributed by atoms with E-state index in [1.807, 2.05) is 17.5 Å². The zero-order chi connectivity index (χ0) is 17.4. The van der Waals surface area contributed by atoms with E-state index in [1.54, 1.807) is 6.20 Å². The van der Waals surface area contributed by atoms with Gasteiger partial charge in [0.1, 0.15) is 17.5 Å². The lowest BCUT2D eigenvalue weighted by Gasteiger charge is -2.32. The number of hydrogen-bond acceptors (Lipinski definition) is 4. The second-order valence-electron chi connectivity index (χ2n) is 6.53. The molecular formula is C18H19F2N5. The van der Waals surface area contributed by atoms with Crippen LogP contribution in [0.25, 0.3) is 5.65 Å². The molecule has 5 nitrogen and oxygen atoms in total. The quantitative estimate of drug-likeness (QED) is 0.733. The van der Waals surface area contributed by atoms with Crippen LogP contribution >= 0.6 is 0 Å². The molecule has 1 aliphatic heterocycles. The fourth-order valence-electron chi connectivity index (χ4n) is 3.52. The van der Waals surface area contributed by atoms with Gasteiger partial charge in [-0.15, -0.1) is 10.2 Å². The lowest BCUT2D eigenvalue weighted by atomic mass is 9.90. The molecule has 1 fully saturated rings. The van der Waals surface area contributed by atoms with Gasteiger partial charge in [0.2, 0.25) is 5.65 Å². The number of anilines is 1. The Morgan fingerprint density at radius 1 is 1.12 bits per heavy atom. The highest BCUT2D eigenvalue weighted by molar-refractivity contribution is 5.63. The van der Waals surface area contributed by atoms with Gasteiger partial charge in [0, 0.05) is 31.0 Å². The molecule has 0 saturated carbocycles. The molecule has 0 spiro atoms. The van der Waals surface area contributed by atoms with Crippen LogP contribution in [0.2, 0.25) is 0 Å². The molecule has 130 valence electrons. The van der Waals surface area contributed by atoms with Crippen molar-refractivity contribution >= 4 is 11.5 Å². The maximum atomic E-state index is 13.8. The summed E-state index contributed by atoms with van der Waals surface area (Å²) in [6.45, 7) is 3.48. The molecule has 0 bridgehead atoms. The summed E-state index contributed by atoms with van der Waals surface area (Å²) in [7, 11) is 0. The fourth-order valence-corrected chi connectivity index (χ4v) is 3.52. The molecule has 25 heavy (non-hydrogen) atoms. The minimum absolute atomic E-state index is 0.203. The maximum Gasteiger partial charge on any atom is 0.203 e. The first kappa shape index (κ1) is 15.9. The minimum Gasteiger partial charge on any atom is -0.353 e. The second kappa shape index (κ2) is 6.38. The van der Waals surface area contributed by atoms with Gasteiger partial charge in [0.05, 0.1) is 0 Å². The predicted molar refractivity (Wildman–Crippen MR) is 90.5 cm³/mol. The van der Waals surface area contributed by atoms with Crippen molar-refractivity contribution < 1.29 is 8.78 Å². The number of hydrogen-bond donors (Lipinski definition) is 0. The molecule has 3 heterocycles. The van der Waals surface area contributed by atoms with Crippen molar-refractivity contribution in [3.05, 3.63) is 53.6 Å². The highest BCUT2D eigenvalue weighted by atomic mass is 19.1. The zero-order valence-electron chi connectivity index (χ0n) is 14.0. The van der Waals surface area contributed by atoms with E-state index in [0.717, 1.165) is 43.2 Å². The summed E-state index contributed by atoms with van der Waals surface area (Å²) < 4.78 is 29.6. The number of aromatic nitrogens is 4. The van der Waals surface area contributed by atoms with Crippen molar-refractivity contribution in [2.24, 2.45) is 5.92 Å². The summed E-state index contributed by atoms with van der Waals surface area (Å²) in [6, 6.07) is 4.06. The third-order valence-electron chi connectivity index (χ3n) is 4.95. The molecule has 0 unspecified atom stereocenters. The topological polar surface area (TPSA) is 46.3 Å². The molecule has 0 N–H and O–H groups in total. The van der Waals surface area contributed by atoms with E-state index in [0.29, 0.717) is 6.42 Å². The van der Waals surface area contributed by atoms with Crippen LogP contribution in [0.5, 0.6) is 0 Å². The van der Waals surface area contributed by atoms with Crippen LogP contribution in [0.1, 0.15) is 24.2 Å². The Labute approximate surface area is 144 Å². The summed E-state index contributed by atoms with van der Waals surface area (Å²) in [5.74, 6) is 1.00. The molecule has 7 heteroatoms. The standard InChI is InChI=1S/C18H19F2N5/c1-12-22-23-18-17(21-7-10-25(12)18)24-8-5-13(6-9-24)11-14-15(19)3-2-4-16(14)20/h2-4,7,10,13H,5-6,8-9,11H2,1H3. The van der Waals surface area contributed by atoms with Gasteiger partial charge in [0.15, 0.2) is 5.82 Å². The molecule has 0 amide bonds. The van der Waals surface area contributed by atoms with Crippen LogP contribution in [0, 0.1) is 24.5 Å². The van der Waals surface area contributed by atoms with Crippen LogP contribution in [0.15, 0.2) is 30.6 Å². The molecule has 1 aromatic carbocycles. The van der Waals surface area contributed by atoms with Crippen molar-refractivity contribution in [1.82, 2.24) is 19.6 Å². The number of fused-ring (bicyclic) bond motifs is 1. The summed E-state index contributed by atoms with van der Waals surface area (Å²) in [5.41, 5.74) is 0.952. The molecule has 1 aliphatic rings. The second-order valence-corrected chi connectivity index (χ2v) is 6.53. The molecule has 0 radical (unpaired) electrons. The average Bonchev–Trinajstić information content (AvgIpc) is 3.00. The van der Waals surface area contributed by atoms with Gasteiger partial charge >= 0.3 is 0 Å². The molecule has 2 aromatic heterocycles. The van der Waals surface area contributed by atoms with Crippen molar-refractivity contribution in [1.29, 1.82) is 0 Å². The lowest BCUT2D eigenvalue weighted by Crippen LogP contribution is -2.35. The Kier molecular flexibility index (Phi) is 4.07. The predicted octanol–water partition coefficient (Wildman–Crippen LogP) is 3.17. The van der Waals surface area contributed by atoms with Gasteiger partial charge in [-0.25, -0.2) is 13.8 Å². The molecule has 1 saturated heterocycles. The monoisotopic (exact) mass is 343 g/mol. The fraction of sp³-hybridized carbons (Fsp3) is 0.389. The Balaban J connectivity index is 1.48. The van der Waals surface area contributed by atoms with Gasteiger partial charge in [-0.2, -0.15) is 0 Å². The van der Waals surface area contributed by atoms with Crippen LogP contribution in [-0.2, 0) is 6.42 Å². The van der Waals surface area contributed by atoms with Gasteiger partial charge in [0.25, 0.3) is 0 Å². The minimum atomic E-state index is -0.451. The summed E-state index contributed by atoms with van der Waals surface area (Å²) in [4.78, 5) is 6.64. The van der Waals surface area contributed by atoms with E-state index in [1.165, 1.54) is 18.2 Å². The molecule has 4 rings (SSSR count). The number of piperidine rings is 1. The normalized spacial score (nSPS) is 15.9. The van der Waals surface area contributed by atoms with E-state index >= 15 is 0 Å². The van der Waals surface area contributed by atoms with Crippen LogP contribution in [0.4, 0.5) is 14.6 Å². The largest absolute Gasteiger partial charge is 0.353 e. The highest BCUT2D eigenvalue weighted by Gasteiger charge is 2.24. The smallest absolute Gasteiger partial charge is 0.203 e. The van der Waals surface area contributed by atoms with Crippen molar-refractivity contribution in [2.45, 2.75) is 26.2 Å². The van der Waals surface area contributed by atoms with Crippen LogP contribution in [-0.4, -0.2) is 32.7 Å². The van der Waals surface area contributed by atoms with Crippen molar-refractivity contribution in [3.63, 3.8) is 0 Å². The first-order chi connectivity index (χ1) is 12.1. The number of aryl methyl sites for hydroxylation is 1. The van der Waals surface area contributed by atoms with Crippen LogP contribution < -0.4 is 4.90 Å². The molecule has 3 aromatic rings. The number of nitrogens with zero attached hydrogens (tertiary/aromatic N) is 5. The third-order valence-corrected chi connectivity index (χ3v) is 4.95. The average molecular weight is 343 g/mol.